The van der Waals surface area contributed by atoms with E-state index in [1.54, 1.807) is 12.1 Å². The molecule has 2 aliphatic rings. The summed E-state index contributed by atoms with van der Waals surface area (Å²) in [6.07, 6.45) is 4.43. The molecule has 3 amide bonds. The lowest BCUT2D eigenvalue weighted by atomic mass is 10.00. The van der Waals surface area contributed by atoms with Gasteiger partial charge in [-0.05, 0) is 31.4 Å². The zero-order valence-electron chi connectivity index (χ0n) is 15.1. The first kappa shape index (κ1) is 18.7. The molecule has 0 spiro atoms. The monoisotopic (exact) mass is 376 g/mol. The maximum absolute atomic E-state index is 12.4. The van der Waals surface area contributed by atoms with E-state index in [1.807, 2.05) is 17.0 Å². The average Bonchev–Trinajstić information content (AvgIpc) is 3.08. The Bertz CT molecular complexity index is 689. The molecule has 3 rings (SSSR count). The van der Waals surface area contributed by atoms with Crippen molar-refractivity contribution in [2.45, 2.75) is 45.1 Å². The number of likely N-dealkylation sites (tertiary alicyclic amines) is 1. The number of carbonyl (C=O) groups is 2. The van der Waals surface area contributed by atoms with Crippen molar-refractivity contribution in [1.82, 2.24) is 15.2 Å². The van der Waals surface area contributed by atoms with Gasteiger partial charge in [-0.3, -0.25) is 4.79 Å². The van der Waals surface area contributed by atoms with Crippen LogP contribution in [0.25, 0.3) is 0 Å². The van der Waals surface area contributed by atoms with Crippen LogP contribution in [0, 0.1) is 0 Å². The second-order valence-corrected chi connectivity index (χ2v) is 7.16. The molecule has 0 aromatic heterocycles. The molecule has 0 bridgehead atoms. The third-order valence-electron chi connectivity index (χ3n) is 4.81. The lowest BCUT2D eigenvalue weighted by molar-refractivity contribution is -0.134. The minimum Gasteiger partial charge on any atom is -0.336 e. The van der Waals surface area contributed by atoms with Gasteiger partial charge in [0.25, 0.3) is 0 Å². The quantitative estimate of drug-likeness (QED) is 0.801. The van der Waals surface area contributed by atoms with Gasteiger partial charge in [0.1, 0.15) is 0 Å². The summed E-state index contributed by atoms with van der Waals surface area (Å²) in [5.74, 6) is 0.135. The minimum atomic E-state index is -0.211. The highest BCUT2D eigenvalue weighted by Gasteiger charge is 2.37. The molecule has 1 aromatic rings. The molecule has 2 aliphatic heterocycles. The number of piperidine rings is 1. The van der Waals surface area contributed by atoms with Crippen LogP contribution in [0.2, 0.25) is 5.02 Å². The highest BCUT2D eigenvalue weighted by molar-refractivity contribution is 6.30. The summed E-state index contributed by atoms with van der Waals surface area (Å²) in [5, 5.41) is 9.55. The van der Waals surface area contributed by atoms with Gasteiger partial charge in [0, 0.05) is 30.1 Å². The summed E-state index contributed by atoms with van der Waals surface area (Å²) in [7, 11) is 0. The number of urea groups is 1. The van der Waals surface area contributed by atoms with Crippen molar-refractivity contribution in [2.24, 2.45) is 5.10 Å². The minimum absolute atomic E-state index is 0.135. The Morgan fingerprint density at radius 2 is 2.08 bits per heavy atom. The highest BCUT2D eigenvalue weighted by Crippen LogP contribution is 2.24. The molecule has 0 aliphatic carbocycles. The fourth-order valence-corrected chi connectivity index (χ4v) is 3.48. The van der Waals surface area contributed by atoms with Gasteiger partial charge in [-0.1, -0.05) is 37.1 Å². The molecule has 6 nitrogen and oxygen atoms in total. The third kappa shape index (κ3) is 4.18. The van der Waals surface area contributed by atoms with Gasteiger partial charge < -0.3 is 10.2 Å². The summed E-state index contributed by atoms with van der Waals surface area (Å²) in [6.45, 7) is 3.81. The lowest BCUT2D eigenvalue weighted by Crippen LogP contribution is -2.49. The predicted octanol–water partition coefficient (Wildman–Crippen LogP) is 3.25. The smallest absolute Gasteiger partial charge is 0.336 e. The van der Waals surface area contributed by atoms with Crippen LogP contribution in [-0.4, -0.2) is 53.2 Å². The number of nitrogens with one attached hydrogen (secondary N) is 1. The summed E-state index contributed by atoms with van der Waals surface area (Å²) in [4.78, 5) is 26.7. The normalized spacial score (nSPS) is 20.3. The number of hydrogen-bond donors (Lipinski definition) is 1. The maximum atomic E-state index is 12.4. The van der Waals surface area contributed by atoms with E-state index in [1.165, 1.54) is 5.01 Å². The van der Waals surface area contributed by atoms with Crippen molar-refractivity contribution in [2.75, 3.05) is 19.6 Å². The van der Waals surface area contributed by atoms with E-state index in [0.29, 0.717) is 31.1 Å². The lowest BCUT2D eigenvalue weighted by Gasteiger charge is -2.33. The molecule has 0 saturated carbocycles. The number of nitrogens with zero attached hydrogens (tertiary/aromatic N) is 3. The predicted molar refractivity (Wildman–Crippen MR) is 102 cm³/mol. The molecule has 1 N–H and O–H groups in total. The van der Waals surface area contributed by atoms with Crippen molar-refractivity contribution in [3.05, 3.63) is 34.9 Å². The van der Waals surface area contributed by atoms with Crippen LogP contribution in [0.3, 0.4) is 0 Å². The van der Waals surface area contributed by atoms with E-state index in [-0.39, 0.29) is 18.0 Å². The fraction of sp³-hybridized carbons (Fsp3) is 0.526. The van der Waals surface area contributed by atoms with Gasteiger partial charge in [0.05, 0.1) is 18.3 Å². The van der Waals surface area contributed by atoms with E-state index in [2.05, 4.69) is 17.3 Å². The molecule has 1 fully saturated rings. The molecule has 140 valence electrons. The summed E-state index contributed by atoms with van der Waals surface area (Å²) >= 11 is 6.00. The van der Waals surface area contributed by atoms with Gasteiger partial charge >= 0.3 is 6.03 Å². The topological polar surface area (TPSA) is 65.0 Å². The molecule has 7 heteroatoms. The van der Waals surface area contributed by atoms with Gasteiger partial charge in [-0.25, -0.2) is 9.80 Å². The number of unbranched alkanes of at least 4 members (excludes halogenated alkanes) is 1. The first-order chi connectivity index (χ1) is 12.6. The summed E-state index contributed by atoms with van der Waals surface area (Å²) < 4.78 is 0. The van der Waals surface area contributed by atoms with Gasteiger partial charge in [-0.15, -0.1) is 0 Å². The van der Waals surface area contributed by atoms with Gasteiger partial charge in [-0.2, -0.15) is 5.10 Å². The van der Waals surface area contributed by atoms with Crippen LogP contribution in [0.4, 0.5) is 4.79 Å². The Morgan fingerprint density at radius 3 is 2.77 bits per heavy atom. The van der Waals surface area contributed by atoms with Crippen molar-refractivity contribution in [3.63, 3.8) is 0 Å². The second-order valence-electron chi connectivity index (χ2n) is 6.72. The molecule has 1 atom stereocenters. The Kier molecular flexibility index (Phi) is 6.14. The number of hydrogen-bond acceptors (Lipinski definition) is 3. The number of carbonyl (C=O) groups excluding carboxylic acids is 2. The molecule has 1 aromatic carbocycles. The second kappa shape index (κ2) is 8.54. The largest absolute Gasteiger partial charge is 0.337 e. The Balaban J connectivity index is 1.83. The van der Waals surface area contributed by atoms with Crippen LogP contribution < -0.4 is 5.32 Å². The molecule has 26 heavy (non-hydrogen) atoms. The van der Waals surface area contributed by atoms with E-state index < -0.39 is 0 Å². The number of rotatable bonds is 5. The first-order valence-corrected chi connectivity index (χ1v) is 9.67. The van der Waals surface area contributed by atoms with E-state index in [4.69, 9.17) is 11.6 Å². The fourth-order valence-electron chi connectivity index (χ4n) is 3.35. The van der Waals surface area contributed by atoms with Gasteiger partial charge in [0.15, 0.2) is 0 Å². The van der Waals surface area contributed by atoms with Crippen LogP contribution in [0.15, 0.2) is 29.4 Å². The van der Waals surface area contributed by atoms with Crippen LogP contribution in [-0.2, 0) is 4.79 Å². The SMILES string of the molecule is CCCCNC(=O)N1CC(N2CCCCC2=O)C(c2ccc(Cl)cc2)=N1. The molecule has 1 unspecified atom stereocenters. The standard InChI is InChI=1S/C19H25ClN4O2/c1-2-3-11-21-19(26)24-13-16(23-12-5-4-6-17(23)25)18(22-24)14-7-9-15(20)10-8-14/h7-10,16H,2-6,11-13H2,1H3,(H,21,26). The summed E-state index contributed by atoms with van der Waals surface area (Å²) in [5.41, 5.74) is 1.64. The first-order valence-electron chi connectivity index (χ1n) is 9.29. The van der Waals surface area contributed by atoms with Crippen molar-refractivity contribution in [1.29, 1.82) is 0 Å². The molecule has 1 saturated heterocycles. The average molecular weight is 377 g/mol. The molecular weight excluding hydrogens is 352 g/mol. The molecule has 2 heterocycles. The summed E-state index contributed by atoms with van der Waals surface area (Å²) in [6, 6.07) is 6.97. The van der Waals surface area contributed by atoms with Crippen molar-refractivity contribution < 1.29 is 9.59 Å². The van der Waals surface area contributed by atoms with Crippen LogP contribution in [0.1, 0.15) is 44.6 Å². The van der Waals surface area contributed by atoms with E-state index in [9.17, 15) is 9.59 Å². The molecule has 0 radical (unpaired) electrons. The van der Waals surface area contributed by atoms with Crippen LogP contribution in [0.5, 0.6) is 0 Å². The van der Waals surface area contributed by atoms with Gasteiger partial charge in [0.2, 0.25) is 5.91 Å². The van der Waals surface area contributed by atoms with Crippen molar-refractivity contribution >= 4 is 29.3 Å². The number of amides is 3. The zero-order chi connectivity index (χ0) is 18.5. The number of hydrazone groups is 1. The van der Waals surface area contributed by atoms with E-state index >= 15 is 0 Å². The van der Waals surface area contributed by atoms with Crippen molar-refractivity contribution in [3.8, 4) is 0 Å². The van der Waals surface area contributed by atoms with E-state index in [0.717, 1.165) is 37.0 Å². The molecular formula is C19H25ClN4O2. The maximum Gasteiger partial charge on any atom is 0.337 e. The third-order valence-corrected chi connectivity index (χ3v) is 5.06. The Hall–Kier alpha value is -2.08. The van der Waals surface area contributed by atoms with Crippen LogP contribution >= 0.6 is 11.6 Å². The zero-order valence-corrected chi connectivity index (χ0v) is 15.8. The number of benzene rings is 1. The Labute approximate surface area is 159 Å². The highest BCUT2D eigenvalue weighted by atomic mass is 35.5. The Morgan fingerprint density at radius 1 is 1.31 bits per heavy atom. The number of halogens is 1.